The van der Waals surface area contributed by atoms with Crippen molar-refractivity contribution < 1.29 is 4.79 Å². The summed E-state index contributed by atoms with van der Waals surface area (Å²) in [5.74, 6) is 2.13. The minimum Gasteiger partial charge on any atom is -0.345 e. The SMILES string of the molecule is CN(CC1CC(Cl)C1)C(=O)C1CCCS1. The fourth-order valence-corrected chi connectivity index (χ4v) is 4.08. The molecule has 2 rings (SSSR count). The first kappa shape index (κ1) is 11.6. The van der Waals surface area contributed by atoms with Crippen LogP contribution in [0.1, 0.15) is 25.7 Å². The number of alkyl halides is 1. The molecule has 2 nitrogen and oxygen atoms in total. The first-order chi connectivity index (χ1) is 7.16. The van der Waals surface area contributed by atoms with Gasteiger partial charge in [0.2, 0.25) is 5.91 Å². The number of rotatable bonds is 3. The van der Waals surface area contributed by atoms with Gasteiger partial charge in [0.25, 0.3) is 0 Å². The number of hydrogen-bond donors (Lipinski definition) is 0. The van der Waals surface area contributed by atoms with E-state index < -0.39 is 0 Å². The molecule has 1 heterocycles. The van der Waals surface area contributed by atoms with Gasteiger partial charge in [-0.1, -0.05) is 0 Å². The van der Waals surface area contributed by atoms with E-state index in [4.69, 9.17) is 11.6 Å². The largest absolute Gasteiger partial charge is 0.345 e. The average molecular weight is 248 g/mol. The Bertz CT molecular complexity index is 237. The van der Waals surface area contributed by atoms with Crippen molar-refractivity contribution in [3.8, 4) is 0 Å². The number of carbonyl (C=O) groups is 1. The Labute approximate surface area is 101 Å². The lowest BCUT2D eigenvalue weighted by Crippen LogP contribution is -2.41. The van der Waals surface area contributed by atoms with E-state index in [9.17, 15) is 4.79 Å². The van der Waals surface area contributed by atoms with Crippen molar-refractivity contribution in [1.29, 1.82) is 0 Å². The number of halogens is 1. The quantitative estimate of drug-likeness (QED) is 0.714. The molecule has 1 amide bonds. The van der Waals surface area contributed by atoms with Crippen LogP contribution < -0.4 is 0 Å². The lowest BCUT2D eigenvalue weighted by Gasteiger charge is -2.34. The molecule has 2 aliphatic rings. The Hall–Kier alpha value is 0.110. The number of thioether (sulfide) groups is 1. The van der Waals surface area contributed by atoms with Crippen LogP contribution in [0.25, 0.3) is 0 Å². The van der Waals surface area contributed by atoms with Crippen molar-refractivity contribution in [1.82, 2.24) is 4.90 Å². The molecule has 1 atom stereocenters. The molecule has 0 aromatic heterocycles. The second-order valence-electron chi connectivity index (χ2n) is 4.66. The summed E-state index contributed by atoms with van der Waals surface area (Å²) in [6.45, 7) is 0.902. The van der Waals surface area contributed by atoms with Gasteiger partial charge in [0, 0.05) is 19.0 Å². The highest BCUT2D eigenvalue weighted by Gasteiger charge is 2.31. The van der Waals surface area contributed by atoms with Crippen LogP contribution >= 0.6 is 23.4 Å². The van der Waals surface area contributed by atoms with Crippen LogP contribution in [0.5, 0.6) is 0 Å². The third-order valence-corrected chi connectivity index (χ3v) is 5.01. The van der Waals surface area contributed by atoms with Crippen molar-refractivity contribution >= 4 is 29.3 Å². The molecule has 0 aromatic rings. The van der Waals surface area contributed by atoms with E-state index in [1.807, 2.05) is 23.7 Å². The van der Waals surface area contributed by atoms with Gasteiger partial charge in [0.05, 0.1) is 5.25 Å². The predicted molar refractivity (Wildman–Crippen MR) is 65.5 cm³/mol. The van der Waals surface area contributed by atoms with Crippen molar-refractivity contribution in [2.75, 3.05) is 19.3 Å². The standard InChI is InChI=1S/C11H18ClNOS/c1-13(7-8-5-9(12)6-8)11(14)10-3-2-4-15-10/h8-10H,2-7H2,1H3. The van der Waals surface area contributed by atoms with E-state index >= 15 is 0 Å². The molecule has 2 fully saturated rings. The molecule has 86 valence electrons. The molecule has 0 spiro atoms. The molecular formula is C11H18ClNOS. The molecule has 0 N–H and O–H groups in total. The summed E-state index contributed by atoms with van der Waals surface area (Å²) >= 11 is 7.74. The number of carbonyl (C=O) groups excluding carboxylic acids is 1. The van der Waals surface area contributed by atoms with Crippen LogP contribution in [0.4, 0.5) is 0 Å². The van der Waals surface area contributed by atoms with Crippen LogP contribution in [-0.2, 0) is 4.79 Å². The molecule has 0 bridgehead atoms. The van der Waals surface area contributed by atoms with Crippen LogP contribution in [-0.4, -0.2) is 40.8 Å². The Morgan fingerprint density at radius 3 is 2.80 bits per heavy atom. The monoisotopic (exact) mass is 247 g/mol. The average Bonchev–Trinajstić information content (AvgIpc) is 2.66. The van der Waals surface area contributed by atoms with E-state index in [1.165, 1.54) is 6.42 Å². The summed E-state index contributed by atoms with van der Waals surface area (Å²) < 4.78 is 0. The molecule has 4 heteroatoms. The normalized spacial score (nSPS) is 34.9. The Morgan fingerprint density at radius 2 is 2.27 bits per heavy atom. The third kappa shape index (κ3) is 2.82. The molecule has 1 saturated carbocycles. The minimum atomic E-state index is 0.238. The van der Waals surface area contributed by atoms with E-state index in [0.29, 0.717) is 17.2 Å². The molecule has 0 aromatic carbocycles. The second-order valence-corrected chi connectivity index (χ2v) is 6.58. The first-order valence-corrected chi connectivity index (χ1v) is 7.16. The number of amides is 1. The van der Waals surface area contributed by atoms with Gasteiger partial charge in [-0.3, -0.25) is 4.79 Å². The van der Waals surface area contributed by atoms with Crippen LogP contribution in [0.3, 0.4) is 0 Å². The zero-order valence-electron chi connectivity index (χ0n) is 9.12. The molecule has 1 aliphatic carbocycles. The fourth-order valence-electron chi connectivity index (χ4n) is 2.30. The van der Waals surface area contributed by atoms with Gasteiger partial charge >= 0.3 is 0 Å². The topological polar surface area (TPSA) is 20.3 Å². The van der Waals surface area contributed by atoms with Crippen molar-refractivity contribution in [2.45, 2.75) is 36.3 Å². The molecule has 15 heavy (non-hydrogen) atoms. The van der Waals surface area contributed by atoms with Crippen molar-refractivity contribution in [3.63, 3.8) is 0 Å². The highest BCUT2D eigenvalue weighted by molar-refractivity contribution is 8.00. The maximum absolute atomic E-state index is 12.0. The molecule has 1 unspecified atom stereocenters. The maximum atomic E-state index is 12.0. The maximum Gasteiger partial charge on any atom is 0.235 e. The molecular weight excluding hydrogens is 230 g/mol. The highest BCUT2D eigenvalue weighted by atomic mass is 35.5. The van der Waals surface area contributed by atoms with Crippen molar-refractivity contribution in [3.05, 3.63) is 0 Å². The number of nitrogens with zero attached hydrogens (tertiary/aromatic N) is 1. The van der Waals surface area contributed by atoms with Gasteiger partial charge in [0.1, 0.15) is 0 Å². The van der Waals surface area contributed by atoms with Gasteiger partial charge in [-0.05, 0) is 37.4 Å². The van der Waals surface area contributed by atoms with Crippen molar-refractivity contribution in [2.24, 2.45) is 5.92 Å². The zero-order chi connectivity index (χ0) is 10.8. The summed E-state index contributed by atoms with van der Waals surface area (Å²) in [5, 5.41) is 0.598. The smallest absolute Gasteiger partial charge is 0.235 e. The van der Waals surface area contributed by atoms with Crippen LogP contribution in [0.15, 0.2) is 0 Å². The van der Waals surface area contributed by atoms with Gasteiger partial charge in [0.15, 0.2) is 0 Å². The zero-order valence-corrected chi connectivity index (χ0v) is 10.7. The van der Waals surface area contributed by atoms with Gasteiger partial charge < -0.3 is 4.90 Å². The Morgan fingerprint density at radius 1 is 1.53 bits per heavy atom. The van der Waals surface area contributed by atoms with E-state index in [2.05, 4.69) is 0 Å². The summed E-state index contributed by atoms with van der Waals surface area (Å²) in [6.07, 6.45) is 4.42. The Balaban J connectivity index is 1.74. The lowest BCUT2D eigenvalue weighted by atomic mass is 9.84. The molecule has 0 radical (unpaired) electrons. The predicted octanol–water partition coefficient (Wildman–Crippen LogP) is 2.36. The summed E-state index contributed by atoms with van der Waals surface area (Å²) in [6, 6.07) is 0. The van der Waals surface area contributed by atoms with Crippen LogP contribution in [0, 0.1) is 5.92 Å². The Kier molecular flexibility index (Phi) is 3.83. The summed E-state index contributed by atoms with van der Waals surface area (Å²) in [5.41, 5.74) is 0. The highest BCUT2D eigenvalue weighted by Crippen LogP contribution is 2.33. The van der Waals surface area contributed by atoms with Crippen LogP contribution in [0.2, 0.25) is 0 Å². The summed E-state index contributed by atoms with van der Waals surface area (Å²) in [4.78, 5) is 13.9. The van der Waals surface area contributed by atoms with E-state index in [-0.39, 0.29) is 5.25 Å². The first-order valence-electron chi connectivity index (χ1n) is 5.67. The lowest BCUT2D eigenvalue weighted by molar-refractivity contribution is -0.130. The summed E-state index contributed by atoms with van der Waals surface area (Å²) in [7, 11) is 1.93. The third-order valence-electron chi connectivity index (χ3n) is 3.29. The number of hydrogen-bond acceptors (Lipinski definition) is 2. The van der Waals surface area contributed by atoms with Gasteiger partial charge in [-0.15, -0.1) is 23.4 Å². The second kappa shape index (κ2) is 4.96. The van der Waals surface area contributed by atoms with Gasteiger partial charge in [-0.25, -0.2) is 0 Å². The minimum absolute atomic E-state index is 0.238. The van der Waals surface area contributed by atoms with E-state index in [0.717, 1.165) is 31.6 Å². The molecule has 1 saturated heterocycles. The fraction of sp³-hybridized carbons (Fsp3) is 0.909. The van der Waals surface area contributed by atoms with E-state index in [1.54, 1.807) is 0 Å². The van der Waals surface area contributed by atoms with Gasteiger partial charge in [-0.2, -0.15) is 0 Å². The molecule has 1 aliphatic heterocycles.